The van der Waals surface area contributed by atoms with Gasteiger partial charge in [-0.2, -0.15) is 0 Å². The first kappa shape index (κ1) is 13.8. The maximum atomic E-state index is 13.5. The molecule has 2 rings (SSSR count). The minimum Gasteiger partial charge on any atom is -0.481 e. The molecule has 1 aromatic rings. The van der Waals surface area contributed by atoms with Crippen LogP contribution in [0, 0.1) is 17.7 Å². The summed E-state index contributed by atoms with van der Waals surface area (Å²) < 4.78 is 13.5. The number of para-hydroxylation sites is 1. The van der Waals surface area contributed by atoms with E-state index in [9.17, 15) is 14.0 Å². The lowest BCUT2D eigenvalue weighted by molar-refractivity contribution is -0.141. The molecule has 1 aliphatic carbocycles. The molecule has 6 heteroatoms. The number of anilines is 1. The van der Waals surface area contributed by atoms with Gasteiger partial charge in [0.1, 0.15) is 5.82 Å². The number of carbonyl (C=O) groups is 2. The van der Waals surface area contributed by atoms with Crippen LogP contribution < -0.4 is 5.32 Å². The fourth-order valence-corrected chi connectivity index (χ4v) is 2.50. The molecule has 1 aliphatic rings. The van der Waals surface area contributed by atoms with Gasteiger partial charge in [-0.25, -0.2) is 4.39 Å². The number of carbonyl (C=O) groups excluding carboxylic acids is 1. The molecule has 0 saturated heterocycles. The third-order valence-electron chi connectivity index (χ3n) is 3.36. The standard InChI is InChI=1S/C13H13ClFNO3/c14-9-2-1-3-10(15)11(9)16-12(17)7-4-5-8(6-7)13(18)19/h1-3,7-8H,4-6H2,(H,16,17)(H,18,19). The van der Waals surface area contributed by atoms with E-state index in [1.165, 1.54) is 18.2 Å². The lowest BCUT2D eigenvalue weighted by Crippen LogP contribution is -2.22. The Hall–Kier alpha value is -1.62. The predicted molar refractivity (Wildman–Crippen MR) is 68.5 cm³/mol. The summed E-state index contributed by atoms with van der Waals surface area (Å²) in [6.07, 6.45) is 1.25. The van der Waals surface area contributed by atoms with E-state index in [2.05, 4.69) is 5.32 Å². The summed E-state index contributed by atoms with van der Waals surface area (Å²) in [6, 6.07) is 4.13. The van der Waals surface area contributed by atoms with E-state index >= 15 is 0 Å². The summed E-state index contributed by atoms with van der Waals surface area (Å²) in [6.45, 7) is 0. The molecule has 1 saturated carbocycles. The number of carboxylic acids is 1. The third kappa shape index (κ3) is 3.04. The molecule has 2 unspecified atom stereocenters. The highest BCUT2D eigenvalue weighted by Crippen LogP contribution is 2.33. The van der Waals surface area contributed by atoms with E-state index in [0.29, 0.717) is 12.8 Å². The van der Waals surface area contributed by atoms with Crippen LogP contribution in [0.15, 0.2) is 18.2 Å². The van der Waals surface area contributed by atoms with Crippen LogP contribution in [0.5, 0.6) is 0 Å². The maximum Gasteiger partial charge on any atom is 0.306 e. The average Bonchev–Trinajstić information content (AvgIpc) is 2.83. The molecule has 0 radical (unpaired) electrons. The number of nitrogens with one attached hydrogen (secondary N) is 1. The van der Waals surface area contributed by atoms with Crippen LogP contribution in [-0.4, -0.2) is 17.0 Å². The minimum absolute atomic E-state index is 0.0482. The Labute approximate surface area is 114 Å². The fourth-order valence-electron chi connectivity index (χ4n) is 2.29. The molecular weight excluding hydrogens is 273 g/mol. The first-order valence-electron chi connectivity index (χ1n) is 5.96. The third-order valence-corrected chi connectivity index (χ3v) is 3.68. The summed E-state index contributed by atoms with van der Waals surface area (Å²) in [7, 11) is 0. The summed E-state index contributed by atoms with van der Waals surface area (Å²) in [5.41, 5.74) is -0.0482. The molecule has 0 heterocycles. The predicted octanol–water partition coefficient (Wildman–Crippen LogP) is 2.92. The second-order valence-corrected chi connectivity index (χ2v) is 5.04. The van der Waals surface area contributed by atoms with Gasteiger partial charge in [0.25, 0.3) is 0 Å². The molecule has 19 heavy (non-hydrogen) atoms. The molecule has 0 spiro atoms. The van der Waals surface area contributed by atoms with Gasteiger partial charge in [0.05, 0.1) is 16.6 Å². The molecule has 2 atom stereocenters. The number of hydrogen-bond donors (Lipinski definition) is 2. The van der Waals surface area contributed by atoms with Gasteiger partial charge in [0, 0.05) is 5.92 Å². The fraction of sp³-hybridized carbons (Fsp3) is 0.385. The van der Waals surface area contributed by atoms with Crippen molar-refractivity contribution in [3.05, 3.63) is 29.0 Å². The van der Waals surface area contributed by atoms with E-state index in [-0.39, 0.29) is 23.0 Å². The Morgan fingerprint density at radius 2 is 2.00 bits per heavy atom. The van der Waals surface area contributed by atoms with Gasteiger partial charge >= 0.3 is 5.97 Å². The first-order chi connectivity index (χ1) is 8.99. The van der Waals surface area contributed by atoms with Gasteiger partial charge in [-0.15, -0.1) is 0 Å². The number of halogens is 2. The van der Waals surface area contributed by atoms with Gasteiger partial charge in [-0.05, 0) is 31.4 Å². The average molecular weight is 286 g/mol. The highest BCUT2D eigenvalue weighted by Gasteiger charge is 2.34. The molecule has 0 aromatic heterocycles. The minimum atomic E-state index is -0.890. The van der Waals surface area contributed by atoms with Crippen molar-refractivity contribution in [1.29, 1.82) is 0 Å². The van der Waals surface area contributed by atoms with Gasteiger partial charge in [-0.1, -0.05) is 17.7 Å². The summed E-state index contributed by atoms with van der Waals surface area (Å²) in [5, 5.41) is 11.4. The van der Waals surface area contributed by atoms with Crippen molar-refractivity contribution in [3.8, 4) is 0 Å². The monoisotopic (exact) mass is 285 g/mol. The first-order valence-corrected chi connectivity index (χ1v) is 6.34. The van der Waals surface area contributed by atoms with Gasteiger partial charge in [0.15, 0.2) is 0 Å². The topological polar surface area (TPSA) is 66.4 Å². The molecule has 1 amide bonds. The molecule has 1 fully saturated rings. The van der Waals surface area contributed by atoms with Crippen molar-refractivity contribution < 1.29 is 19.1 Å². The highest BCUT2D eigenvalue weighted by atomic mass is 35.5. The second-order valence-electron chi connectivity index (χ2n) is 4.63. The van der Waals surface area contributed by atoms with Crippen molar-refractivity contribution >= 4 is 29.2 Å². The zero-order valence-electron chi connectivity index (χ0n) is 10.0. The summed E-state index contributed by atoms with van der Waals surface area (Å²) in [5.74, 6) is -2.77. The number of carboxylic acid groups (broad SMARTS) is 1. The molecule has 0 bridgehead atoms. The zero-order chi connectivity index (χ0) is 14.0. The van der Waals surface area contributed by atoms with Gasteiger partial charge < -0.3 is 10.4 Å². The Morgan fingerprint density at radius 1 is 1.32 bits per heavy atom. The van der Waals surface area contributed by atoms with Crippen LogP contribution in [0.2, 0.25) is 5.02 Å². The van der Waals surface area contributed by atoms with E-state index in [4.69, 9.17) is 16.7 Å². The summed E-state index contributed by atoms with van der Waals surface area (Å²) in [4.78, 5) is 22.8. The number of hydrogen-bond acceptors (Lipinski definition) is 2. The summed E-state index contributed by atoms with van der Waals surface area (Å²) >= 11 is 5.81. The molecule has 1 aromatic carbocycles. The van der Waals surface area contributed by atoms with E-state index in [1.54, 1.807) is 0 Å². The number of benzene rings is 1. The van der Waals surface area contributed by atoms with E-state index in [1.807, 2.05) is 0 Å². The lowest BCUT2D eigenvalue weighted by Gasteiger charge is -2.12. The van der Waals surface area contributed by atoms with Crippen LogP contribution in [0.4, 0.5) is 10.1 Å². The van der Waals surface area contributed by atoms with Crippen molar-refractivity contribution in [2.75, 3.05) is 5.32 Å². The zero-order valence-corrected chi connectivity index (χ0v) is 10.8. The number of rotatable bonds is 3. The van der Waals surface area contributed by atoms with Gasteiger partial charge in [-0.3, -0.25) is 9.59 Å². The van der Waals surface area contributed by atoms with Crippen LogP contribution in [0.25, 0.3) is 0 Å². The Bertz CT molecular complexity index is 500. The second kappa shape index (κ2) is 5.57. The largest absolute Gasteiger partial charge is 0.481 e. The van der Waals surface area contributed by atoms with E-state index in [0.717, 1.165) is 0 Å². The Morgan fingerprint density at radius 3 is 2.58 bits per heavy atom. The molecule has 0 aliphatic heterocycles. The van der Waals surface area contributed by atoms with Crippen molar-refractivity contribution in [1.82, 2.24) is 0 Å². The number of aliphatic carboxylic acids is 1. The number of amides is 1. The Balaban J connectivity index is 2.04. The highest BCUT2D eigenvalue weighted by molar-refractivity contribution is 6.33. The quantitative estimate of drug-likeness (QED) is 0.897. The van der Waals surface area contributed by atoms with Gasteiger partial charge in [0.2, 0.25) is 5.91 Å². The van der Waals surface area contributed by atoms with Crippen molar-refractivity contribution in [2.45, 2.75) is 19.3 Å². The smallest absolute Gasteiger partial charge is 0.306 e. The maximum absolute atomic E-state index is 13.5. The molecular formula is C13H13ClFNO3. The molecule has 102 valence electrons. The van der Waals surface area contributed by atoms with Crippen molar-refractivity contribution in [3.63, 3.8) is 0 Å². The SMILES string of the molecule is O=C(O)C1CCC(C(=O)Nc2c(F)cccc2Cl)C1. The Kier molecular flexibility index (Phi) is 4.04. The normalized spacial score (nSPS) is 22.2. The van der Waals surface area contributed by atoms with E-state index < -0.39 is 23.6 Å². The molecule has 4 nitrogen and oxygen atoms in total. The van der Waals surface area contributed by atoms with Crippen LogP contribution >= 0.6 is 11.6 Å². The van der Waals surface area contributed by atoms with Crippen LogP contribution in [0.3, 0.4) is 0 Å². The molecule has 2 N–H and O–H groups in total. The van der Waals surface area contributed by atoms with Crippen LogP contribution in [-0.2, 0) is 9.59 Å². The lowest BCUT2D eigenvalue weighted by atomic mass is 10.0. The van der Waals surface area contributed by atoms with Crippen molar-refractivity contribution in [2.24, 2.45) is 11.8 Å². The van der Waals surface area contributed by atoms with Crippen LogP contribution in [0.1, 0.15) is 19.3 Å².